The fourth-order valence-electron chi connectivity index (χ4n) is 2.88. The van der Waals surface area contributed by atoms with Gasteiger partial charge in [-0.3, -0.25) is 4.79 Å². The monoisotopic (exact) mass is 390 g/mol. The summed E-state index contributed by atoms with van der Waals surface area (Å²) in [5.41, 5.74) is 1.79. The first kappa shape index (κ1) is 19.3. The van der Waals surface area contributed by atoms with Crippen molar-refractivity contribution in [1.82, 2.24) is 4.31 Å². The molecule has 0 radical (unpaired) electrons. The van der Waals surface area contributed by atoms with E-state index >= 15 is 0 Å². The number of amides is 1. The SMILES string of the molecule is COc1ccc(S(=O)(=O)N2CCOCC2)cc1C(=O)Nc1cccc(C)c1. The minimum absolute atomic E-state index is 0.0552. The van der Waals surface area contributed by atoms with E-state index in [4.69, 9.17) is 9.47 Å². The molecule has 144 valence electrons. The van der Waals surface area contributed by atoms with Crippen molar-refractivity contribution in [2.45, 2.75) is 11.8 Å². The summed E-state index contributed by atoms with van der Waals surface area (Å²) in [6, 6.07) is 11.7. The quantitative estimate of drug-likeness (QED) is 0.847. The number of morpholine rings is 1. The lowest BCUT2D eigenvalue weighted by Crippen LogP contribution is -2.40. The number of anilines is 1. The molecule has 1 N–H and O–H groups in total. The van der Waals surface area contributed by atoms with Crippen LogP contribution < -0.4 is 10.1 Å². The van der Waals surface area contributed by atoms with Gasteiger partial charge in [-0.15, -0.1) is 0 Å². The van der Waals surface area contributed by atoms with Gasteiger partial charge in [-0.05, 0) is 42.8 Å². The van der Waals surface area contributed by atoms with Gasteiger partial charge in [0.2, 0.25) is 10.0 Å². The number of carbonyl (C=O) groups is 1. The minimum atomic E-state index is -3.70. The lowest BCUT2D eigenvalue weighted by Gasteiger charge is -2.26. The number of nitrogens with zero attached hydrogens (tertiary/aromatic N) is 1. The first-order valence-corrected chi connectivity index (χ1v) is 10.00. The average molecular weight is 390 g/mol. The molecule has 2 aromatic carbocycles. The zero-order chi connectivity index (χ0) is 19.4. The number of aryl methyl sites for hydroxylation is 1. The number of rotatable bonds is 5. The Morgan fingerprint density at radius 2 is 1.89 bits per heavy atom. The van der Waals surface area contributed by atoms with E-state index in [-0.39, 0.29) is 10.5 Å². The smallest absolute Gasteiger partial charge is 0.259 e. The maximum atomic E-state index is 12.9. The maximum absolute atomic E-state index is 12.9. The van der Waals surface area contributed by atoms with E-state index in [0.29, 0.717) is 37.7 Å². The van der Waals surface area contributed by atoms with Gasteiger partial charge in [0.1, 0.15) is 5.75 Å². The summed E-state index contributed by atoms with van der Waals surface area (Å²) in [5.74, 6) is -0.127. The van der Waals surface area contributed by atoms with Crippen molar-refractivity contribution >= 4 is 21.6 Å². The van der Waals surface area contributed by atoms with Crippen molar-refractivity contribution in [1.29, 1.82) is 0 Å². The molecule has 1 amide bonds. The molecular formula is C19H22N2O5S. The average Bonchev–Trinajstić information content (AvgIpc) is 2.68. The Balaban J connectivity index is 1.92. The molecule has 1 heterocycles. The van der Waals surface area contributed by atoms with Crippen molar-refractivity contribution in [3.05, 3.63) is 53.6 Å². The topological polar surface area (TPSA) is 84.9 Å². The number of hydrogen-bond acceptors (Lipinski definition) is 5. The van der Waals surface area contributed by atoms with Crippen LogP contribution in [-0.4, -0.2) is 52.0 Å². The molecule has 0 bridgehead atoms. The van der Waals surface area contributed by atoms with Crippen LogP contribution in [0.15, 0.2) is 47.4 Å². The van der Waals surface area contributed by atoms with Gasteiger partial charge < -0.3 is 14.8 Å². The summed E-state index contributed by atoms with van der Waals surface area (Å²) in [7, 11) is -2.27. The van der Waals surface area contributed by atoms with Crippen LogP contribution in [0.2, 0.25) is 0 Å². The summed E-state index contributed by atoms with van der Waals surface area (Å²) >= 11 is 0. The number of methoxy groups -OCH3 is 1. The fraction of sp³-hybridized carbons (Fsp3) is 0.316. The van der Waals surface area contributed by atoms with Crippen LogP contribution in [0.3, 0.4) is 0 Å². The standard InChI is InChI=1S/C19H22N2O5S/c1-14-4-3-5-15(12-14)20-19(22)17-13-16(6-7-18(17)25-2)27(23,24)21-8-10-26-11-9-21/h3-7,12-13H,8-11H2,1-2H3,(H,20,22). The molecule has 7 nitrogen and oxygen atoms in total. The van der Waals surface area contributed by atoms with Gasteiger partial charge in [-0.1, -0.05) is 12.1 Å². The molecule has 1 saturated heterocycles. The number of benzene rings is 2. The zero-order valence-electron chi connectivity index (χ0n) is 15.3. The molecule has 8 heteroatoms. The van der Waals surface area contributed by atoms with Gasteiger partial charge in [-0.2, -0.15) is 4.31 Å². The third-order valence-electron chi connectivity index (χ3n) is 4.30. The van der Waals surface area contributed by atoms with Crippen LogP contribution in [0, 0.1) is 6.92 Å². The highest BCUT2D eigenvalue weighted by molar-refractivity contribution is 7.89. The number of ether oxygens (including phenoxy) is 2. The molecule has 0 saturated carbocycles. The highest BCUT2D eigenvalue weighted by Crippen LogP contribution is 2.26. The molecule has 2 aromatic rings. The van der Waals surface area contributed by atoms with Crippen LogP contribution in [-0.2, 0) is 14.8 Å². The Kier molecular flexibility index (Phi) is 5.79. The Labute approximate surface area is 158 Å². The van der Waals surface area contributed by atoms with Crippen LogP contribution in [0.25, 0.3) is 0 Å². The number of hydrogen-bond donors (Lipinski definition) is 1. The van der Waals surface area contributed by atoms with Crippen LogP contribution in [0.4, 0.5) is 5.69 Å². The molecule has 1 fully saturated rings. The molecule has 0 spiro atoms. The molecule has 0 unspecified atom stereocenters. The summed E-state index contributed by atoms with van der Waals surface area (Å²) in [4.78, 5) is 12.8. The van der Waals surface area contributed by atoms with Gasteiger partial charge in [0, 0.05) is 18.8 Å². The van der Waals surface area contributed by atoms with Crippen LogP contribution in [0.1, 0.15) is 15.9 Å². The highest BCUT2D eigenvalue weighted by atomic mass is 32.2. The van der Waals surface area contributed by atoms with Crippen molar-refractivity contribution in [3.63, 3.8) is 0 Å². The Bertz CT molecular complexity index is 937. The van der Waals surface area contributed by atoms with Crippen molar-refractivity contribution in [2.24, 2.45) is 0 Å². The Morgan fingerprint density at radius 1 is 1.15 bits per heavy atom. The summed E-state index contributed by atoms with van der Waals surface area (Å²) in [6.07, 6.45) is 0. The number of sulfonamides is 1. The van der Waals surface area contributed by atoms with Crippen LogP contribution in [0.5, 0.6) is 5.75 Å². The van der Waals surface area contributed by atoms with Gasteiger partial charge in [0.15, 0.2) is 0 Å². The van der Waals surface area contributed by atoms with E-state index in [1.807, 2.05) is 25.1 Å². The summed E-state index contributed by atoms with van der Waals surface area (Å²) in [6.45, 7) is 3.22. The molecule has 0 aromatic heterocycles. The first-order chi connectivity index (χ1) is 12.9. The van der Waals surface area contributed by atoms with E-state index in [1.54, 1.807) is 6.07 Å². The second-order valence-corrected chi connectivity index (χ2v) is 8.14. The predicted octanol–water partition coefficient (Wildman–Crippen LogP) is 2.28. The Morgan fingerprint density at radius 3 is 2.56 bits per heavy atom. The zero-order valence-corrected chi connectivity index (χ0v) is 16.1. The minimum Gasteiger partial charge on any atom is -0.496 e. The van der Waals surface area contributed by atoms with E-state index in [9.17, 15) is 13.2 Å². The summed E-state index contributed by atoms with van der Waals surface area (Å²) < 4.78 is 37.6. The van der Waals surface area contributed by atoms with E-state index in [0.717, 1.165) is 5.56 Å². The van der Waals surface area contributed by atoms with Crippen molar-refractivity contribution in [3.8, 4) is 5.75 Å². The number of nitrogens with one attached hydrogen (secondary N) is 1. The highest BCUT2D eigenvalue weighted by Gasteiger charge is 2.28. The normalized spacial score (nSPS) is 15.3. The third kappa shape index (κ3) is 4.29. The van der Waals surface area contributed by atoms with Gasteiger partial charge >= 0.3 is 0 Å². The first-order valence-electron chi connectivity index (χ1n) is 8.56. The predicted molar refractivity (Wildman–Crippen MR) is 102 cm³/mol. The fourth-order valence-corrected chi connectivity index (χ4v) is 4.32. The second kappa shape index (κ2) is 8.08. The van der Waals surface area contributed by atoms with Crippen molar-refractivity contribution in [2.75, 3.05) is 38.7 Å². The molecule has 0 aliphatic carbocycles. The Hall–Kier alpha value is -2.42. The summed E-state index contributed by atoms with van der Waals surface area (Å²) in [5, 5.41) is 2.78. The van der Waals surface area contributed by atoms with Gasteiger partial charge in [-0.25, -0.2) is 8.42 Å². The molecule has 1 aliphatic heterocycles. The van der Waals surface area contributed by atoms with E-state index < -0.39 is 15.9 Å². The van der Waals surface area contributed by atoms with Gasteiger partial charge in [0.25, 0.3) is 5.91 Å². The molecule has 27 heavy (non-hydrogen) atoms. The largest absolute Gasteiger partial charge is 0.496 e. The third-order valence-corrected chi connectivity index (χ3v) is 6.19. The molecule has 3 rings (SSSR count). The molecule has 0 atom stereocenters. The van der Waals surface area contributed by atoms with Gasteiger partial charge in [0.05, 0.1) is 30.8 Å². The van der Waals surface area contributed by atoms with Crippen LogP contribution >= 0.6 is 0 Å². The number of carbonyl (C=O) groups excluding carboxylic acids is 1. The molecule has 1 aliphatic rings. The lowest BCUT2D eigenvalue weighted by molar-refractivity contribution is 0.0730. The maximum Gasteiger partial charge on any atom is 0.259 e. The molecular weight excluding hydrogens is 368 g/mol. The van der Waals surface area contributed by atoms with Crippen molar-refractivity contribution < 1.29 is 22.7 Å². The lowest BCUT2D eigenvalue weighted by atomic mass is 10.1. The second-order valence-electron chi connectivity index (χ2n) is 6.20. The van der Waals surface area contributed by atoms with E-state index in [1.165, 1.54) is 29.6 Å². The van der Waals surface area contributed by atoms with E-state index in [2.05, 4.69) is 5.32 Å².